The normalized spacial score (nSPS) is 12.9. The molecule has 0 heterocycles. The second-order valence-corrected chi connectivity index (χ2v) is 4.26. The van der Waals surface area contributed by atoms with Gasteiger partial charge in [0, 0.05) is 0 Å². The van der Waals surface area contributed by atoms with Crippen LogP contribution in [0.3, 0.4) is 0 Å². The van der Waals surface area contributed by atoms with Gasteiger partial charge in [-0.25, -0.2) is 4.39 Å². The molecule has 0 aliphatic carbocycles. The van der Waals surface area contributed by atoms with E-state index in [0.717, 1.165) is 26.0 Å². The molecule has 1 rings (SSSR count). The molecule has 6 heteroatoms. The molecule has 0 spiro atoms. The summed E-state index contributed by atoms with van der Waals surface area (Å²) in [4.78, 5) is 0. The minimum atomic E-state index is -4.56. The zero-order valence-electron chi connectivity index (χ0n) is 8.49. The molecule has 1 aromatic carbocycles. The van der Waals surface area contributed by atoms with Crippen molar-refractivity contribution in [2.24, 2.45) is 0 Å². The van der Waals surface area contributed by atoms with Gasteiger partial charge in [0.1, 0.15) is 0 Å². The average molecular weight is 257 g/mol. The number of aromatic hydroxyl groups is 1. The zero-order chi connectivity index (χ0) is 12.7. The third-order valence-corrected chi connectivity index (χ3v) is 2.81. The van der Waals surface area contributed by atoms with Gasteiger partial charge < -0.3 is 5.11 Å². The van der Waals surface area contributed by atoms with E-state index in [4.69, 9.17) is 16.7 Å². The van der Waals surface area contributed by atoms with Crippen LogP contribution in [0.4, 0.5) is 17.6 Å². The number of halogens is 5. The van der Waals surface area contributed by atoms with Crippen LogP contribution >= 0.6 is 11.6 Å². The van der Waals surface area contributed by atoms with Crippen LogP contribution in [0.5, 0.6) is 5.75 Å². The molecular formula is C10H9ClF4O. The van der Waals surface area contributed by atoms with Gasteiger partial charge in [0.05, 0.1) is 10.4 Å². The van der Waals surface area contributed by atoms with E-state index in [2.05, 4.69) is 0 Å². The molecule has 90 valence electrons. The first-order valence-electron chi connectivity index (χ1n) is 4.33. The molecule has 0 amide bonds. The lowest BCUT2D eigenvalue weighted by atomic mass is 9.84. The van der Waals surface area contributed by atoms with Crippen LogP contribution in [0, 0.1) is 5.82 Å². The molecule has 0 atom stereocenters. The molecule has 1 N–H and O–H groups in total. The summed E-state index contributed by atoms with van der Waals surface area (Å²) in [5.41, 5.74) is -2.68. The Bertz CT molecular complexity index is 412. The number of benzene rings is 1. The highest BCUT2D eigenvalue weighted by Gasteiger charge is 2.49. The van der Waals surface area contributed by atoms with E-state index in [1.165, 1.54) is 0 Å². The van der Waals surface area contributed by atoms with Crippen molar-refractivity contribution in [3.63, 3.8) is 0 Å². The van der Waals surface area contributed by atoms with Gasteiger partial charge in [-0.1, -0.05) is 17.7 Å². The largest absolute Gasteiger partial charge is 0.505 e. The van der Waals surface area contributed by atoms with Gasteiger partial charge in [-0.15, -0.1) is 0 Å². The summed E-state index contributed by atoms with van der Waals surface area (Å²) in [5.74, 6) is -2.01. The Morgan fingerprint density at radius 3 is 2.12 bits per heavy atom. The maximum atomic E-state index is 13.2. The smallest absolute Gasteiger partial charge is 0.397 e. The van der Waals surface area contributed by atoms with E-state index >= 15 is 0 Å². The third kappa shape index (κ3) is 1.96. The van der Waals surface area contributed by atoms with Crippen LogP contribution in [-0.2, 0) is 5.41 Å². The van der Waals surface area contributed by atoms with Gasteiger partial charge in [0.15, 0.2) is 11.6 Å². The fraction of sp³-hybridized carbons (Fsp3) is 0.400. The van der Waals surface area contributed by atoms with Crippen molar-refractivity contribution >= 4 is 11.6 Å². The van der Waals surface area contributed by atoms with Crippen molar-refractivity contribution in [1.82, 2.24) is 0 Å². The Hall–Kier alpha value is -0.970. The number of alkyl halides is 3. The molecule has 0 bridgehead atoms. The molecule has 0 aromatic heterocycles. The van der Waals surface area contributed by atoms with Crippen molar-refractivity contribution in [1.29, 1.82) is 0 Å². The first-order valence-corrected chi connectivity index (χ1v) is 4.71. The summed E-state index contributed by atoms with van der Waals surface area (Å²) < 4.78 is 51.2. The standard InChI is InChI=1S/C10H9ClF4O/c1-9(2,10(13,14)15)5-3-4-6(16)8(12)7(5)11/h3-4,16H,1-2H3. The van der Waals surface area contributed by atoms with Gasteiger partial charge in [-0.3, -0.25) is 0 Å². The Morgan fingerprint density at radius 2 is 1.69 bits per heavy atom. The topological polar surface area (TPSA) is 20.2 Å². The molecule has 0 aliphatic heterocycles. The Morgan fingerprint density at radius 1 is 1.19 bits per heavy atom. The van der Waals surface area contributed by atoms with E-state index in [1.807, 2.05) is 0 Å². The van der Waals surface area contributed by atoms with Gasteiger partial charge in [0.25, 0.3) is 0 Å². The third-order valence-electron chi connectivity index (χ3n) is 2.44. The highest BCUT2D eigenvalue weighted by atomic mass is 35.5. The fourth-order valence-corrected chi connectivity index (χ4v) is 1.57. The lowest BCUT2D eigenvalue weighted by Crippen LogP contribution is -2.36. The van der Waals surface area contributed by atoms with Gasteiger partial charge in [0.2, 0.25) is 0 Å². The quantitative estimate of drug-likeness (QED) is 0.753. The van der Waals surface area contributed by atoms with Crippen LogP contribution in [0.15, 0.2) is 12.1 Å². The van der Waals surface area contributed by atoms with E-state index < -0.39 is 33.7 Å². The predicted molar refractivity (Wildman–Crippen MR) is 52.2 cm³/mol. The lowest BCUT2D eigenvalue weighted by Gasteiger charge is -2.29. The highest BCUT2D eigenvalue weighted by molar-refractivity contribution is 6.31. The summed E-state index contributed by atoms with van der Waals surface area (Å²) in [5, 5.41) is 8.25. The summed E-state index contributed by atoms with van der Waals surface area (Å²) in [6.07, 6.45) is -4.56. The van der Waals surface area contributed by atoms with E-state index in [0.29, 0.717) is 0 Å². The Labute approximate surface area is 94.7 Å². The van der Waals surface area contributed by atoms with Crippen LogP contribution < -0.4 is 0 Å². The van der Waals surface area contributed by atoms with Crippen molar-refractivity contribution < 1.29 is 22.7 Å². The number of phenols is 1. The van der Waals surface area contributed by atoms with Crippen LogP contribution in [0.25, 0.3) is 0 Å². The van der Waals surface area contributed by atoms with Crippen LogP contribution in [-0.4, -0.2) is 11.3 Å². The van der Waals surface area contributed by atoms with Gasteiger partial charge in [-0.05, 0) is 25.5 Å². The van der Waals surface area contributed by atoms with Crippen molar-refractivity contribution in [3.05, 3.63) is 28.5 Å². The first kappa shape index (κ1) is 13.1. The summed E-state index contributed by atoms with van der Waals surface area (Å²) in [6, 6.07) is 1.82. The zero-order valence-corrected chi connectivity index (χ0v) is 9.25. The fourth-order valence-electron chi connectivity index (χ4n) is 1.17. The molecule has 0 radical (unpaired) electrons. The molecule has 16 heavy (non-hydrogen) atoms. The summed E-state index contributed by atoms with van der Waals surface area (Å²) in [7, 11) is 0. The number of hydrogen-bond donors (Lipinski definition) is 1. The van der Waals surface area contributed by atoms with Gasteiger partial charge >= 0.3 is 6.18 Å². The second-order valence-electron chi connectivity index (χ2n) is 3.88. The second kappa shape index (κ2) is 3.80. The molecule has 1 aromatic rings. The van der Waals surface area contributed by atoms with E-state index in [1.54, 1.807) is 0 Å². The van der Waals surface area contributed by atoms with Crippen LogP contribution in [0.2, 0.25) is 5.02 Å². The first-order chi connectivity index (χ1) is 7.09. The molecule has 0 saturated heterocycles. The van der Waals surface area contributed by atoms with E-state index in [9.17, 15) is 17.6 Å². The summed E-state index contributed by atoms with van der Waals surface area (Å²) in [6.45, 7) is 1.79. The SMILES string of the molecule is CC(C)(c1ccc(O)c(F)c1Cl)C(F)(F)F. The summed E-state index contributed by atoms with van der Waals surface area (Å²) >= 11 is 5.45. The van der Waals surface area contributed by atoms with Crippen LogP contribution in [0.1, 0.15) is 19.4 Å². The maximum Gasteiger partial charge on any atom is 0.397 e. The number of rotatable bonds is 1. The van der Waals surface area contributed by atoms with Gasteiger partial charge in [-0.2, -0.15) is 13.2 Å². The molecule has 0 unspecified atom stereocenters. The highest BCUT2D eigenvalue weighted by Crippen LogP contribution is 2.44. The Kier molecular flexibility index (Phi) is 3.11. The number of hydrogen-bond acceptors (Lipinski definition) is 1. The molecule has 0 aliphatic rings. The van der Waals surface area contributed by atoms with Crippen molar-refractivity contribution in [3.8, 4) is 5.75 Å². The predicted octanol–water partition coefficient (Wildman–Crippen LogP) is 4.02. The molecule has 0 fully saturated rings. The molecule has 1 nitrogen and oxygen atoms in total. The minimum Gasteiger partial charge on any atom is -0.505 e. The Balaban J connectivity index is 3.41. The maximum absolute atomic E-state index is 13.2. The van der Waals surface area contributed by atoms with Crippen molar-refractivity contribution in [2.45, 2.75) is 25.4 Å². The minimum absolute atomic E-state index is 0.406. The monoisotopic (exact) mass is 256 g/mol. The number of phenolic OH excluding ortho intramolecular Hbond substituents is 1. The lowest BCUT2D eigenvalue weighted by molar-refractivity contribution is -0.180. The molecule has 0 saturated carbocycles. The molecular weight excluding hydrogens is 248 g/mol. The average Bonchev–Trinajstić information content (AvgIpc) is 2.12. The van der Waals surface area contributed by atoms with E-state index in [-0.39, 0.29) is 0 Å². The van der Waals surface area contributed by atoms with Crippen molar-refractivity contribution in [2.75, 3.05) is 0 Å².